The maximum Gasteiger partial charge on any atom is 0.252 e. The van der Waals surface area contributed by atoms with Crippen molar-refractivity contribution in [3.63, 3.8) is 0 Å². The molecule has 0 saturated carbocycles. The van der Waals surface area contributed by atoms with Crippen molar-refractivity contribution in [3.8, 4) is 72.4 Å². The molecular weight excluding hydrogens is 1390 g/mol. The second-order valence-electron chi connectivity index (χ2n) is 37.1. The van der Waals surface area contributed by atoms with Crippen LogP contribution < -0.4 is 31.1 Å². The lowest BCUT2D eigenvalue weighted by Gasteiger charge is -2.46. The molecule has 0 radical (unpaired) electrons. The molecule has 0 atom stereocenters. The predicted molar refractivity (Wildman–Crippen MR) is 496 cm³/mol. The van der Waals surface area contributed by atoms with Gasteiger partial charge in [0.1, 0.15) is 0 Å². The Kier molecular flexibility index (Phi) is 18.2. The van der Waals surface area contributed by atoms with Crippen molar-refractivity contribution in [1.29, 1.82) is 0 Å². The molecule has 3 heterocycles. The van der Waals surface area contributed by atoms with E-state index < -0.39 is 0 Å². The van der Waals surface area contributed by atoms with Gasteiger partial charge in [0.15, 0.2) is 0 Å². The molecule has 1 aromatic heterocycles. The smallest absolute Gasteiger partial charge is 0.252 e. The van der Waals surface area contributed by atoms with E-state index in [9.17, 15) is 0 Å². The average molecular weight is 1490 g/mol. The van der Waals surface area contributed by atoms with E-state index >= 15 is 0 Å². The third kappa shape index (κ3) is 13.7. The van der Waals surface area contributed by atoms with Crippen LogP contribution in [0, 0.1) is 0 Å². The first kappa shape index (κ1) is 74.0. The Balaban J connectivity index is 1.02. The lowest BCUT2D eigenvalue weighted by Crippen LogP contribution is -2.61. The number of rotatable bonds is 12. The largest absolute Gasteiger partial charge is 0.311 e. The minimum Gasteiger partial charge on any atom is -0.311 e. The second-order valence-corrected chi connectivity index (χ2v) is 37.1. The molecule has 5 heteroatoms. The van der Waals surface area contributed by atoms with E-state index in [2.05, 4.69) is 463 Å². The summed E-state index contributed by atoms with van der Waals surface area (Å²) in [6.07, 6.45) is 0. The average Bonchev–Trinajstić information content (AvgIpc) is 1.18. The van der Waals surface area contributed by atoms with E-state index in [1.54, 1.807) is 0 Å². The van der Waals surface area contributed by atoms with Gasteiger partial charge in [0.05, 0.1) is 22.4 Å². The lowest BCUT2D eigenvalue weighted by molar-refractivity contribution is 0.568. The highest BCUT2D eigenvalue weighted by Crippen LogP contribution is 2.55. The van der Waals surface area contributed by atoms with Gasteiger partial charge in [-0.1, -0.05) is 340 Å². The van der Waals surface area contributed by atoms with Crippen molar-refractivity contribution in [2.45, 2.75) is 131 Å². The van der Waals surface area contributed by atoms with Crippen molar-refractivity contribution in [2.75, 3.05) is 14.7 Å². The van der Waals surface area contributed by atoms with E-state index in [1.165, 1.54) is 77.1 Å². The zero-order chi connectivity index (χ0) is 79.6. The summed E-state index contributed by atoms with van der Waals surface area (Å²) >= 11 is 0. The lowest BCUT2D eigenvalue weighted by atomic mass is 9.33. The topological polar surface area (TPSA) is 14.7 Å². The molecule has 115 heavy (non-hydrogen) atoms. The molecule has 0 spiro atoms. The summed E-state index contributed by atoms with van der Waals surface area (Å²) < 4.78 is 2.43. The van der Waals surface area contributed by atoms with Gasteiger partial charge in [-0.25, -0.2) is 0 Å². The van der Waals surface area contributed by atoms with Crippen molar-refractivity contribution < 1.29 is 0 Å². The molecule has 564 valence electrons. The number of benzene rings is 15. The SMILES string of the molecule is CC(C)(C)c1cc(-c2ccc3c(c2)N(c2cc(-c4ccccc4)cc(-c4ccccc4)c2)c2cc(N(c4ccccc4)c4ccc(-n5c6ccccc6c6ccccc65)cc4)cc4c2B3c2ccc(-c3cc(C(C)(C)C)cc(C(C)(C)C)c3)cc2N4c2c(-c3ccccc3)cc(C(C)(C)C)cc2-c2ccccc2)cc(C(C)(C)C)c1. The number of hydrogen-bond acceptors (Lipinski definition) is 3. The van der Waals surface area contributed by atoms with Crippen LogP contribution in [-0.2, 0) is 27.1 Å². The summed E-state index contributed by atoms with van der Waals surface area (Å²) in [6, 6.07) is 130. The van der Waals surface area contributed by atoms with Gasteiger partial charge in [-0.3, -0.25) is 0 Å². The van der Waals surface area contributed by atoms with Gasteiger partial charge in [0, 0.05) is 67.4 Å². The van der Waals surface area contributed by atoms with Crippen LogP contribution in [-0.4, -0.2) is 11.3 Å². The molecule has 18 rings (SSSR count). The van der Waals surface area contributed by atoms with Crippen LogP contribution in [0.1, 0.15) is 132 Å². The third-order valence-corrected chi connectivity index (χ3v) is 24.0. The van der Waals surface area contributed by atoms with Crippen LogP contribution in [0.2, 0.25) is 0 Å². The van der Waals surface area contributed by atoms with Crippen LogP contribution in [0.3, 0.4) is 0 Å². The Morgan fingerprint density at radius 2 is 0.583 bits per heavy atom. The molecule has 2 aliphatic heterocycles. The number of hydrogen-bond donors (Lipinski definition) is 0. The van der Waals surface area contributed by atoms with Gasteiger partial charge in [0.25, 0.3) is 6.71 Å². The molecule has 0 fully saturated rings. The van der Waals surface area contributed by atoms with Crippen molar-refractivity contribution in [1.82, 2.24) is 4.57 Å². The first-order chi connectivity index (χ1) is 55.2. The number of nitrogens with zero attached hydrogens (tertiary/aromatic N) is 4. The van der Waals surface area contributed by atoms with Gasteiger partial charge < -0.3 is 19.3 Å². The Bertz CT molecular complexity index is 6160. The molecule has 16 aromatic rings. The molecular formula is C110H101BN4. The van der Waals surface area contributed by atoms with Crippen molar-refractivity contribution in [3.05, 3.63) is 368 Å². The highest BCUT2D eigenvalue weighted by molar-refractivity contribution is 7.00. The van der Waals surface area contributed by atoms with E-state index in [1.807, 2.05) is 0 Å². The Morgan fingerprint density at radius 3 is 1.00 bits per heavy atom. The summed E-state index contributed by atoms with van der Waals surface area (Å²) in [5, 5.41) is 2.47. The second kappa shape index (κ2) is 28.3. The van der Waals surface area contributed by atoms with Crippen molar-refractivity contribution >= 4 is 96.1 Å². The fraction of sp³-hybridized carbons (Fsp3) is 0.182. The molecule has 0 unspecified atom stereocenters. The van der Waals surface area contributed by atoms with Crippen LogP contribution in [0.15, 0.2) is 340 Å². The van der Waals surface area contributed by atoms with E-state index in [-0.39, 0.29) is 33.8 Å². The summed E-state index contributed by atoms with van der Waals surface area (Å²) in [4.78, 5) is 7.93. The summed E-state index contributed by atoms with van der Waals surface area (Å²) in [6.45, 7) is 35.1. The minimum absolute atomic E-state index is 0.115. The van der Waals surface area contributed by atoms with Crippen LogP contribution in [0.5, 0.6) is 0 Å². The predicted octanol–water partition coefficient (Wildman–Crippen LogP) is 28.8. The maximum absolute atomic E-state index is 2.74. The zero-order valence-electron chi connectivity index (χ0n) is 69.2. The molecule has 0 N–H and O–H groups in total. The van der Waals surface area contributed by atoms with Gasteiger partial charge in [-0.15, -0.1) is 0 Å². The van der Waals surface area contributed by atoms with Gasteiger partial charge >= 0.3 is 0 Å². The van der Waals surface area contributed by atoms with Crippen LogP contribution >= 0.6 is 0 Å². The minimum atomic E-state index is -0.271. The molecule has 4 nitrogen and oxygen atoms in total. The quantitative estimate of drug-likeness (QED) is 0.113. The molecule has 0 saturated heterocycles. The van der Waals surface area contributed by atoms with E-state index in [0.29, 0.717) is 0 Å². The first-order valence-corrected chi connectivity index (χ1v) is 41.1. The van der Waals surface area contributed by atoms with E-state index in [4.69, 9.17) is 0 Å². The van der Waals surface area contributed by atoms with Crippen LogP contribution in [0.4, 0.5) is 51.2 Å². The molecule has 15 aromatic carbocycles. The molecule has 0 amide bonds. The Hall–Kier alpha value is -12.4. The van der Waals surface area contributed by atoms with Crippen molar-refractivity contribution in [2.24, 2.45) is 0 Å². The fourth-order valence-electron chi connectivity index (χ4n) is 17.6. The Morgan fingerprint density at radius 1 is 0.235 bits per heavy atom. The molecule has 0 bridgehead atoms. The molecule has 0 aliphatic carbocycles. The normalized spacial score (nSPS) is 12.9. The number of anilines is 9. The monoisotopic (exact) mass is 1490 g/mol. The van der Waals surface area contributed by atoms with E-state index in [0.717, 1.165) is 113 Å². The number of fused-ring (bicyclic) bond motifs is 7. The fourth-order valence-corrected chi connectivity index (χ4v) is 17.6. The first-order valence-electron chi connectivity index (χ1n) is 41.1. The summed E-state index contributed by atoms with van der Waals surface area (Å²) in [5.41, 5.74) is 36.5. The zero-order valence-corrected chi connectivity index (χ0v) is 69.2. The summed E-state index contributed by atoms with van der Waals surface area (Å²) in [7, 11) is 0. The van der Waals surface area contributed by atoms with Crippen LogP contribution in [0.25, 0.3) is 94.3 Å². The third-order valence-electron chi connectivity index (χ3n) is 24.0. The van der Waals surface area contributed by atoms with Gasteiger partial charge in [0.2, 0.25) is 0 Å². The number of aromatic nitrogens is 1. The standard InChI is InChI=1S/C110H101BN4/c1-106(2,3)82-58-80(59-83(66-82)107(4,5)6)76-49-55-96-100(64-76)114(90-62-78(72-35-21-16-22-36-72)57-79(63-90)73-37-23-17-24-38-73)102-70-91(112(87-43-29-20-30-44-87)88-51-53-89(54-52-88)113-98-47-33-31-45-92(98)93-46-32-34-48-99(93)113)71-103-104(102)111(96)97-56-50-77(81-60-84(108(7,8)9)67-85(61-81)109(10,11)12)65-101(97)115(103)105-94(74-39-25-18-26-40-74)68-86(110(13,14)15)69-95(105)75-41-27-19-28-42-75/h16-71H,1-15H3. The number of para-hydroxylation sites is 3. The Labute approximate surface area is 681 Å². The maximum atomic E-state index is 2.74. The molecule has 2 aliphatic rings. The highest BCUT2D eigenvalue weighted by atomic mass is 15.2. The summed E-state index contributed by atoms with van der Waals surface area (Å²) in [5.74, 6) is 0. The van der Waals surface area contributed by atoms with Gasteiger partial charge in [-0.05, 0) is 230 Å². The highest BCUT2D eigenvalue weighted by Gasteiger charge is 2.46. The van der Waals surface area contributed by atoms with Gasteiger partial charge in [-0.2, -0.15) is 0 Å².